The van der Waals surface area contributed by atoms with Gasteiger partial charge in [-0.15, -0.1) is 0 Å². The van der Waals surface area contributed by atoms with Crippen LogP contribution in [0, 0.1) is 5.92 Å². The molecule has 0 spiro atoms. The topological polar surface area (TPSA) is 12.0 Å². The molecule has 0 aromatic rings. The van der Waals surface area contributed by atoms with E-state index in [4.69, 9.17) is 0 Å². The second-order valence-corrected chi connectivity index (χ2v) is 4.05. The van der Waals surface area contributed by atoms with E-state index in [0.29, 0.717) is 0 Å². The lowest BCUT2D eigenvalue weighted by molar-refractivity contribution is 0.355. The molecule has 1 heteroatoms. The maximum absolute atomic E-state index is 3.39. The summed E-state index contributed by atoms with van der Waals surface area (Å²) in [5.74, 6) is 0.942. The normalized spacial score (nSPS) is 15.7. The molecule has 0 amide bonds. The van der Waals surface area contributed by atoms with E-state index in [0.717, 1.165) is 12.0 Å². The number of hydrogen-bond donors (Lipinski definition) is 1. The Morgan fingerprint density at radius 2 is 1.77 bits per heavy atom. The molecule has 0 heterocycles. The molecule has 0 aliphatic heterocycles. The Morgan fingerprint density at radius 3 is 2.15 bits per heavy atom. The molecular formula is C12H27N. The first-order chi connectivity index (χ1) is 6.28. The highest BCUT2D eigenvalue weighted by Crippen LogP contribution is 2.19. The van der Waals surface area contributed by atoms with Gasteiger partial charge in [-0.2, -0.15) is 0 Å². The molecule has 2 unspecified atom stereocenters. The van der Waals surface area contributed by atoms with E-state index < -0.39 is 0 Å². The van der Waals surface area contributed by atoms with Crippen LogP contribution in [-0.2, 0) is 0 Å². The third-order valence-electron chi connectivity index (χ3n) is 3.06. The monoisotopic (exact) mass is 185 g/mol. The van der Waals surface area contributed by atoms with Gasteiger partial charge in [0.05, 0.1) is 0 Å². The fourth-order valence-electron chi connectivity index (χ4n) is 1.87. The predicted molar refractivity (Wildman–Crippen MR) is 61.1 cm³/mol. The maximum Gasteiger partial charge on any atom is 0.00640 e. The summed E-state index contributed by atoms with van der Waals surface area (Å²) in [7, 11) is 2.08. The van der Waals surface area contributed by atoms with E-state index in [2.05, 4.69) is 33.1 Å². The van der Waals surface area contributed by atoms with Gasteiger partial charge in [-0.05, 0) is 25.8 Å². The average Bonchev–Trinajstić information content (AvgIpc) is 2.19. The van der Waals surface area contributed by atoms with Gasteiger partial charge in [-0.25, -0.2) is 0 Å². The Balaban J connectivity index is 3.67. The van der Waals surface area contributed by atoms with Crippen molar-refractivity contribution in [1.82, 2.24) is 5.32 Å². The molecule has 80 valence electrons. The fourth-order valence-corrected chi connectivity index (χ4v) is 1.87. The van der Waals surface area contributed by atoms with Crippen molar-refractivity contribution >= 4 is 0 Å². The van der Waals surface area contributed by atoms with Gasteiger partial charge in [0.2, 0.25) is 0 Å². The van der Waals surface area contributed by atoms with Crippen LogP contribution in [0.5, 0.6) is 0 Å². The zero-order valence-corrected chi connectivity index (χ0v) is 9.90. The first-order valence-corrected chi connectivity index (χ1v) is 5.95. The Bertz CT molecular complexity index is 97.3. The summed E-state index contributed by atoms with van der Waals surface area (Å²) < 4.78 is 0. The summed E-state index contributed by atoms with van der Waals surface area (Å²) in [5, 5.41) is 3.39. The minimum Gasteiger partial charge on any atom is -0.317 e. The third-order valence-corrected chi connectivity index (χ3v) is 3.06. The second-order valence-electron chi connectivity index (χ2n) is 4.05. The van der Waals surface area contributed by atoms with Crippen molar-refractivity contribution in [2.75, 3.05) is 7.05 Å². The molecule has 2 atom stereocenters. The lowest BCUT2D eigenvalue weighted by Gasteiger charge is -2.21. The van der Waals surface area contributed by atoms with Gasteiger partial charge < -0.3 is 5.32 Å². The second kappa shape index (κ2) is 8.55. The van der Waals surface area contributed by atoms with Crippen molar-refractivity contribution in [2.45, 2.75) is 65.3 Å². The summed E-state index contributed by atoms with van der Waals surface area (Å²) in [5.41, 5.74) is 0. The van der Waals surface area contributed by atoms with Crippen LogP contribution < -0.4 is 5.32 Å². The standard InChI is InChI=1S/C12H27N/c1-5-8-9-11(6-2)10-12(7-3)13-4/h11-13H,5-10H2,1-4H3. The zero-order valence-electron chi connectivity index (χ0n) is 9.90. The van der Waals surface area contributed by atoms with Crippen LogP contribution >= 0.6 is 0 Å². The molecule has 1 nitrogen and oxygen atoms in total. The van der Waals surface area contributed by atoms with E-state index in [1.165, 1.54) is 38.5 Å². The fraction of sp³-hybridized carbons (Fsp3) is 1.00. The highest BCUT2D eigenvalue weighted by atomic mass is 14.9. The minimum absolute atomic E-state index is 0.738. The molecule has 0 aliphatic carbocycles. The van der Waals surface area contributed by atoms with Crippen LogP contribution in [0.2, 0.25) is 0 Å². The SMILES string of the molecule is CCCCC(CC)CC(CC)NC. The number of rotatable bonds is 8. The Labute approximate surface area is 84.3 Å². The lowest BCUT2D eigenvalue weighted by Crippen LogP contribution is -2.26. The smallest absolute Gasteiger partial charge is 0.00640 e. The lowest BCUT2D eigenvalue weighted by atomic mass is 9.91. The van der Waals surface area contributed by atoms with E-state index >= 15 is 0 Å². The van der Waals surface area contributed by atoms with Crippen molar-refractivity contribution in [1.29, 1.82) is 0 Å². The summed E-state index contributed by atoms with van der Waals surface area (Å²) in [6, 6.07) is 0.738. The van der Waals surface area contributed by atoms with Crippen molar-refractivity contribution in [3.63, 3.8) is 0 Å². The predicted octanol–water partition coefficient (Wildman–Crippen LogP) is 3.59. The van der Waals surface area contributed by atoms with Gasteiger partial charge in [-0.1, -0.05) is 46.5 Å². The first-order valence-electron chi connectivity index (χ1n) is 5.95. The van der Waals surface area contributed by atoms with Crippen LogP contribution in [0.25, 0.3) is 0 Å². The summed E-state index contributed by atoms with van der Waals surface area (Å²) in [6.07, 6.45) is 8.14. The van der Waals surface area contributed by atoms with Crippen LogP contribution in [0.1, 0.15) is 59.3 Å². The van der Waals surface area contributed by atoms with Gasteiger partial charge in [0.15, 0.2) is 0 Å². The Morgan fingerprint density at radius 1 is 1.08 bits per heavy atom. The van der Waals surface area contributed by atoms with Crippen molar-refractivity contribution in [3.05, 3.63) is 0 Å². The average molecular weight is 185 g/mol. The van der Waals surface area contributed by atoms with Crippen molar-refractivity contribution in [2.24, 2.45) is 5.92 Å². The quantitative estimate of drug-likeness (QED) is 0.609. The molecule has 0 saturated heterocycles. The first kappa shape index (κ1) is 13.0. The van der Waals surface area contributed by atoms with Crippen LogP contribution in [0.15, 0.2) is 0 Å². The highest BCUT2D eigenvalue weighted by molar-refractivity contribution is 4.68. The minimum atomic E-state index is 0.738. The molecule has 0 bridgehead atoms. The molecule has 0 saturated carbocycles. The number of hydrogen-bond acceptors (Lipinski definition) is 1. The van der Waals surface area contributed by atoms with Crippen LogP contribution in [0.4, 0.5) is 0 Å². The van der Waals surface area contributed by atoms with E-state index in [1.807, 2.05) is 0 Å². The van der Waals surface area contributed by atoms with Gasteiger partial charge in [0, 0.05) is 6.04 Å². The van der Waals surface area contributed by atoms with E-state index in [9.17, 15) is 0 Å². The third kappa shape index (κ3) is 6.09. The largest absolute Gasteiger partial charge is 0.317 e. The number of nitrogens with one attached hydrogen (secondary N) is 1. The van der Waals surface area contributed by atoms with E-state index in [1.54, 1.807) is 0 Å². The van der Waals surface area contributed by atoms with Gasteiger partial charge in [0.1, 0.15) is 0 Å². The molecule has 0 aliphatic rings. The van der Waals surface area contributed by atoms with Gasteiger partial charge >= 0.3 is 0 Å². The number of unbranched alkanes of at least 4 members (excludes halogenated alkanes) is 1. The van der Waals surface area contributed by atoms with Crippen molar-refractivity contribution in [3.8, 4) is 0 Å². The van der Waals surface area contributed by atoms with Crippen LogP contribution in [-0.4, -0.2) is 13.1 Å². The molecular weight excluding hydrogens is 158 g/mol. The van der Waals surface area contributed by atoms with E-state index in [-0.39, 0.29) is 0 Å². The molecule has 0 aromatic carbocycles. The summed E-state index contributed by atoms with van der Waals surface area (Å²) in [4.78, 5) is 0. The molecule has 0 rings (SSSR count). The van der Waals surface area contributed by atoms with Crippen molar-refractivity contribution < 1.29 is 0 Å². The highest BCUT2D eigenvalue weighted by Gasteiger charge is 2.11. The molecule has 0 fully saturated rings. The molecule has 0 aromatic heterocycles. The summed E-state index contributed by atoms with van der Waals surface area (Å²) >= 11 is 0. The zero-order chi connectivity index (χ0) is 10.1. The Hall–Kier alpha value is -0.0400. The molecule has 0 radical (unpaired) electrons. The molecule has 1 N–H and O–H groups in total. The van der Waals surface area contributed by atoms with Crippen LogP contribution in [0.3, 0.4) is 0 Å². The molecule has 13 heavy (non-hydrogen) atoms. The maximum atomic E-state index is 3.39. The Kier molecular flexibility index (Phi) is 8.53. The van der Waals surface area contributed by atoms with Gasteiger partial charge in [-0.3, -0.25) is 0 Å². The summed E-state index contributed by atoms with van der Waals surface area (Å²) in [6.45, 7) is 6.87. The van der Waals surface area contributed by atoms with Gasteiger partial charge in [0.25, 0.3) is 0 Å².